The van der Waals surface area contributed by atoms with Gasteiger partial charge < -0.3 is 4.74 Å². The molecule has 2 aromatic heterocycles. The van der Waals surface area contributed by atoms with Crippen molar-refractivity contribution in [3.8, 4) is 0 Å². The third-order valence-electron chi connectivity index (χ3n) is 3.28. The summed E-state index contributed by atoms with van der Waals surface area (Å²) in [6.45, 7) is 6.48. The van der Waals surface area contributed by atoms with Crippen molar-refractivity contribution in [2.45, 2.75) is 33.4 Å². The van der Waals surface area contributed by atoms with Gasteiger partial charge in [-0.15, -0.1) is 11.3 Å². The van der Waals surface area contributed by atoms with E-state index in [9.17, 15) is 9.59 Å². The van der Waals surface area contributed by atoms with Crippen LogP contribution in [0.25, 0.3) is 4.96 Å². The first-order chi connectivity index (χ1) is 9.92. The van der Waals surface area contributed by atoms with Crippen molar-refractivity contribution in [1.82, 2.24) is 14.3 Å². The molecular weight excluding hydrogens is 290 g/mol. The van der Waals surface area contributed by atoms with E-state index in [1.54, 1.807) is 4.40 Å². The third-order valence-corrected chi connectivity index (χ3v) is 4.23. The zero-order chi connectivity index (χ0) is 15.6. The van der Waals surface area contributed by atoms with Crippen LogP contribution in [0.15, 0.2) is 16.2 Å². The van der Waals surface area contributed by atoms with Gasteiger partial charge >= 0.3 is 5.97 Å². The quantitative estimate of drug-likeness (QED) is 0.782. The Kier molecular flexibility index (Phi) is 4.74. The smallest absolute Gasteiger partial charge is 0.319 e. The van der Waals surface area contributed by atoms with Gasteiger partial charge in [-0.05, 0) is 20.8 Å². The van der Waals surface area contributed by atoms with Crippen molar-refractivity contribution >= 4 is 22.3 Å². The molecule has 0 fully saturated rings. The molecule has 2 aromatic rings. The summed E-state index contributed by atoms with van der Waals surface area (Å²) in [5.74, 6) is -0.298. The van der Waals surface area contributed by atoms with Crippen LogP contribution in [0, 0.1) is 6.92 Å². The Balaban J connectivity index is 2.28. The average Bonchev–Trinajstić information content (AvgIpc) is 2.79. The Morgan fingerprint density at radius 1 is 1.52 bits per heavy atom. The van der Waals surface area contributed by atoms with Crippen LogP contribution in [0.5, 0.6) is 0 Å². The van der Waals surface area contributed by atoms with E-state index in [1.807, 2.05) is 31.1 Å². The fourth-order valence-corrected chi connectivity index (χ4v) is 2.93. The molecule has 0 aromatic carbocycles. The van der Waals surface area contributed by atoms with E-state index < -0.39 is 0 Å². The number of aromatic nitrogens is 2. The Morgan fingerprint density at radius 3 is 2.86 bits per heavy atom. The first kappa shape index (κ1) is 15.7. The zero-order valence-corrected chi connectivity index (χ0v) is 13.4. The van der Waals surface area contributed by atoms with Crippen LogP contribution in [0.2, 0.25) is 0 Å². The second-order valence-electron chi connectivity index (χ2n) is 5.16. The number of carbonyl (C=O) groups is 1. The SMILES string of the molecule is COC(=O)CN(Cc1cc(=O)n2c(C)csc2n1)C(C)C. The summed E-state index contributed by atoms with van der Waals surface area (Å²) < 4.78 is 6.29. The number of hydrogen-bond acceptors (Lipinski definition) is 6. The highest BCUT2D eigenvalue weighted by Crippen LogP contribution is 2.13. The van der Waals surface area contributed by atoms with E-state index in [1.165, 1.54) is 24.5 Å². The summed E-state index contributed by atoms with van der Waals surface area (Å²) in [5.41, 5.74) is 1.46. The molecular formula is C14H19N3O3S. The molecule has 0 unspecified atom stereocenters. The minimum absolute atomic E-state index is 0.0875. The Hall–Kier alpha value is -1.73. The first-order valence-electron chi connectivity index (χ1n) is 6.70. The first-order valence-corrected chi connectivity index (χ1v) is 7.58. The average molecular weight is 309 g/mol. The topological polar surface area (TPSA) is 63.9 Å². The fourth-order valence-electron chi connectivity index (χ4n) is 2.04. The molecule has 0 aliphatic rings. The maximum absolute atomic E-state index is 12.1. The zero-order valence-electron chi connectivity index (χ0n) is 12.6. The van der Waals surface area contributed by atoms with Gasteiger partial charge in [0.2, 0.25) is 0 Å². The number of esters is 1. The van der Waals surface area contributed by atoms with Gasteiger partial charge in [-0.3, -0.25) is 18.9 Å². The lowest BCUT2D eigenvalue weighted by molar-refractivity contribution is -0.142. The van der Waals surface area contributed by atoms with Gasteiger partial charge in [0, 0.05) is 29.7 Å². The van der Waals surface area contributed by atoms with Crippen molar-refractivity contribution in [3.05, 3.63) is 33.2 Å². The molecule has 0 atom stereocenters. The molecule has 2 heterocycles. The van der Waals surface area contributed by atoms with Crippen LogP contribution in [0.4, 0.5) is 0 Å². The van der Waals surface area contributed by atoms with Crippen LogP contribution in [-0.2, 0) is 16.1 Å². The maximum Gasteiger partial charge on any atom is 0.319 e. The number of aryl methyl sites for hydroxylation is 1. The molecule has 0 aliphatic heterocycles. The Morgan fingerprint density at radius 2 is 2.24 bits per heavy atom. The molecule has 0 bridgehead atoms. The van der Waals surface area contributed by atoms with Gasteiger partial charge in [-0.1, -0.05) is 0 Å². The summed E-state index contributed by atoms with van der Waals surface area (Å²) in [7, 11) is 1.37. The number of thiazole rings is 1. The molecule has 0 saturated heterocycles. The van der Waals surface area contributed by atoms with Crippen molar-refractivity contribution in [2.24, 2.45) is 0 Å². The molecule has 0 saturated carbocycles. The van der Waals surface area contributed by atoms with Crippen LogP contribution in [-0.4, -0.2) is 40.0 Å². The highest BCUT2D eigenvalue weighted by atomic mass is 32.1. The minimum atomic E-state index is -0.298. The van der Waals surface area contributed by atoms with E-state index in [4.69, 9.17) is 4.74 Å². The van der Waals surface area contributed by atoms with Gasteiger partial charge in [0.15, 0.2) is 4.96 Å². The third kappa shape index (κ3) is 3.48. The summed E-state index contributed by atoms with van der Waals surface area (Å²) >= 11 is 1.44. The number of hydrogen-bond donors (Lipinski definition) is 0. The molecule has 7 heteroatoms. The molecule has 0 N–H and O–H groups in total. The van der Waals surface area contributed by atoms with Gasteiger partial charge in [-0.2, -0.15) is 0 Å². The lowest BCUT2D eigenvalue weighted by Gasteiger charge is -2.24. The molecule has 21 heavy (non-hydrogen) atoms. The predicted octanol–water partition coefficient (Wildman–Crippen LogP) is 1.45. The lowest BCUT2D eigenvalue weighted by atomic mass is 10.2. The van der Waals surface area contributed by atoms with E-state index in [2.05, 4.69) is 4.98 Å². The van der Waals surface area contributed by atoms with E-state index in [0.29, 0.717) is 17.2 Å². The van der Waals surface area contributed by atoms with E-state index in [0.717, 1.165) is 5.69 Å². The van der Waals surface area contributed by atoms with Gasteiger partial charge in [0.1, 0.15) is 0 Å². The van der Waals surface area contributed by atoms with Crippen molar-refractivity contribution in [3.63, 3.8) is 0 Å². The predicted molar refractivity (Wildman–Crippen MR) is 81.6 cm³/mol. The number of methoxy groups -OCH3 is 1. The molecule has 114 valence electrons. The molecule has 0 spiro atoms. The number of fused-ring (bicyclic) bond motifs is 1. The maximum atomic E-state index is 12.1. The second kappa shape index (κ2) is 6.36. The largest absolute Gasteiger partial charge is 0.468 e. The van der Waals surface area contributed by atoms with E-state index >= 15 is 0 Å². The van der Waals surface area contributed by atoms with Gasteiger partial charge in [-0.25, -0.2) is 4.98 Å². The Bertz CT molecular complexity index is 705. The highest BCUT2D eigenvalue weighted by molar-refractivity contribution is 7.15. The number of rotatable bonds is 5. The molecule has 0 radical (unpaired) electrons. The van der Waals surface area contributed by atoms with Crippen LogP contribution in [0.3, 0.4) is 0 Å². The number of carbonyl (C=O) groups excluding carboxylic acids is 1. The van der Waals surface area contributed by atoms with Crippen molar-refractivity contribution in [2.75, 3.05) is 13.7 Å². The number of ether oxygens (including phenoxy) is 1. The van der Waals surface area contributed by atoms with Crippen molar-refractivity contribution < 1.29 is 9.53 Å². The summed E-state index contributed by atoms with van der Waals surface area (Å²) in [5, 5.41) is 1.90. The summed E-state index contributed by atoms with van der Waals surface area (Å²) in [6, 6.07) is 1.67. The standard InChI is InChI=1S/C14H19N3O3S/c1-9(2)16(7-13(19)20-4)6-11-5-12(18)17-10(3)8-21-14(17)15-11/h5,8-9H,6-7H2,1-4H3. The minimum Gasteiger partial charge on any atom is -0.468 e. The van der Waals surface area contributed by atoms with Crippen LogP contribution >= 0.6 is 11.3 Å². The summed E-state index contributed by atoms with van der Waals surface area (Å²) in [6.07, 6.45) is 0. The van der Waals surface area contributed by atoms with Gasteiger partial charge in [0.25, 0.3) is 5.56 Å². The highest BCUT2D eigenvalue weighted by Gasteiger charge is 2.16. The second-order valence-corrected chi connectivity index (χ2v) is 5.99. The lowest BCUT2D eigenvalue weighted by Crippen LogP contribution is -2.36. The van der Waals surface area contributed by atoms with Gasteiger partial charge in [0.05, 0.1) is 19.3 Å². The van der Waals surface area contributed by atoms with Crippen LogP contribution in [0.1, 0.15) is 25.2 Å². The summed E-state index contributed by atoms with van der Waals surface area (Å²) in [4.78, 5) is 30.7. The normalized spacial score (nSPS) is 11.5. The Labute approximate surface area is 127 Å². The molecule has 2 rings (SSSR count). The molecule has 6 nitrogen and oxygen atoms in total. The molecule has 0 aliphatic carbocycles. The van der Waals surface area contributed by atoms with Crippen LogP contribution < -0.4 is 5.56 Å². The van der Waals surface area contributed by atoms with E-state index in [-0.39, 0.29) is 24.1 Å². The molecule has 0 amide bonds. The number of nitrogens with zero attached hydrogens (tertiary/aromatic N) is 3. The fraction of sp³-hybridized carbons (Fsp3) is 0.500. The monoisotopic (exact) mass is 309 g/mol. The van der Waals surface area contributed by atoms with Crippen molar-refractivity contribution in [1.29, 1.82) is 0 Å².